The second-order valence-electron chi connectivity index (χ2n) is 5.09. The molecular formula is C14H20Cl2N4O. The number of aryl methyl sites for hydroxylation is 1. The number of piperidine rings is 1. The molecule has 2 heterocycles. The summed E-state index contributed by atoms with van der Waals surface area (Å²) in [6, 6.07) is 5.76. The lowest BCUT2D eigenvalue weighted by atomic mass is 9.99. The van der Waals surface area contributed by atoms with Gasteiger partial charge in [-0.15, -0.1) is 24.8 Å². The molecule has 5 nitrogen and oxygen atoms in total. The molecule has 0 radical (unpaired) electrons. The van der Waals surface area contributed by atoms with Crippen LogP contribution in [-0.2, 0) is 4.79 Å². The lowest BCUT2D eigenvalue weighted by molar-refractivity contribution is -0.120. The van der Waals surface area contributed by atoms with Crippen molar-refractivity contribution in [3.63, 3.8) is 0 Å². The number of benzene rings is 1. The van der Waals surface area contributed by atoms with Crippen LogP contribution < -0.4 is 10.6 Å². The average Bonchev–Trinajstić information content (AvgIpc) is 2.79. The highest BCUT2D eigenvalue weighted by atomic mass is 35.5. The van der Waals surface area contributed by atoms with E-state index in [0.717, 1.165) is 48.5 Å². The van der Waals surface area contributed by atoms with Crippen molar-refractivity contribution >= 4 is 47.4 Å². The van der Waals surface area contributed by atoms with Gasteiger partial charge in [0.05, 0.1) is 17.0 Å². The zero-order chi connectivity index (χ0) is 13.2. The molecule has 1 saturated heterocycles. The molecule has 1 unspecified atom stereocenters. The lowest BCUT2D eigenvalue weighted by Gasteiger charge is -2.21. The van der Waals surface area contributed by atoms with Crippen molar-refractivity contribution in [2.75, 3.05) is 18.4 Å². The number of rotatable bonds is 2. The molecule has 1 aromatic carbocycles. The summed E-state index contributed by atoms with van der Waals surface area (Å²) >= 11 is 0. The second-order valence-corrected chi connectivity index (χ2v) is 5.09. The van der Waals surface area contributed by atoms with Crippen LogP contribution in [0.1, 0.15) is 18.7 Å². The van der Waals surface area contributed by atoms with Crippen LogP contribution in [0, 0.1) is 12.8 Å². The molecule has 0 saturated carbocycles. The summed E-state index contributed by atoms with van der Waals surface area (Å²) in [5.41, 5.74) is 2.71. The van der Waals surface area contributed by atoms with Gasteiger partial charge in [-0.1, -0.05) is 0 Å². The number of nitrogens with one attached hydrogen (secondary N) is 3. The summed E-state index contributed by atoms with van der Waals surface area (Å²) in [5.74, 6) is 1.06. The first-order chi connectivity index (χ1) is 9.22. The predicted molar refractivity (Wildman–Crippen MR) is 89.6 cm³/mol. The van der Waals surface area contributed by atoms with E-state index in [2.05, 4.69) is 20.6 Å². The first-order valence-electron chi connectivity index (χ1n) is 6.70. The third-order valence-corrected chi connectivity index (χ3v) is 3.54. The number of carbonyl (C=O) groups is 1. The van der Waals surface area contributed by atoms with Gasteiger partial charge in [0.1, 0.15) is 5.82 Å². The fourth-order valence-corrected chi connectivity index (χ4v) is 2.53. The van der Waals surface area contributed by atoms with E-state index in [-0.39, 0.29) is 36.6 Å². The highest BCUT2D eigenvalue weighted by molar-refractivity contribution is 5.94. The minimum absolute atomic E-state index is 0. The van der Waals surface area contributed by atoms with E-state index >= 15 is 0 Å². The summed E-state index contributed by atoms with van der Waals surface area (Å²) in [4.78, 5) is 19.7. The molecular weight excluding hydrogens is 311 g/mol. The van der Waals surface area contributed by atoms with Gasteiger partial charge in [-0.2, -0.15) is 0 Å². The maximum Gasteiger partial charge on any atom is 0.228 e. The van der Waals surface area contributed by atoms with Crippen molar-refractivity contribution in [1.82, 2.24) is 15.3 Å². The Morgan fingerprint density at radius 3 is 2.90 bits per heavy atom. The van der Waals surface area contributed by atoms with Crippen LogP contribution in [0.2, 0.25) is 0 Å². The Labute approximate surface area is 136 Å². The van der Waals surface area contributed by atoms with Gasteiger partial charge in [-0.25, -0.2) is 4.98 Å². The Hall–Kier alpha value is -1.30. The Morgan fingerprint density at radius 1 is 1.38 bits per heavy atom. The summed E-state index contributed by atoms with van der Waals surface area (Å²) in [6.45, 7) is 3.71. The fraction of sp³-hybridized carbons (Fsp3) is 0.429. The number of imidazole rings is 1. The van der Waals surface area contributed by atoms with E-state index in [0.29, 0.717) is 0 Å². The van der Waals surface area contributed by atoms with Crippen molar-refractivity contribution in [1.29, 1.82) is 0 Å². The number of nitrogens with zero attached hydrogens (tertiary/aromatic N) is 1. The SMILES string of the molecule is Cc1nc2ccc(NC(=O)C3CCCNC3)cc2[nH]1.Cl.Cl. The quantitative estimate of drug-likeness (QED) is 0.792. The number of anilines is 1. The van der Waals surface area contributed by atoms with Gasteiger partial charge in [0.15, 0.2) is 0 Å². The van der Waals surface area contributed by atoms with Crippen LogP contribution >= 0.6 is 24.8 Å². The minimum Gasteiger partial charge on any atom is -0.342 e. The van der Waals surface area contributed by atoms with E-state index in [4.69, 9.17) is 0 Å². The molecule has 1 amide bonds. The minimum atomic E-state index is 0. The van der Waals surface area contributed by atoms with Crippen LogP contribution in [0.5, 0.6) is 0 Å². The predicted octanol–water partition coefficient (Wildman–Crippen LogP) is 2.65. The molecule has 1 fully saturated rings. The van der Waals surface area contributed by atoms with Gasteiger partial charge in [0, 0.05) is 12.2 Å². The highest BCUT2D eigenvalue weighted by Gasteiger charge is 2.20. The topological polar surface area (TPSA) is 69.8 Å². The molecule has 3 rings (SSSR count). The van der Waals surface area contributed by atoms with Crippen molar-refractivity contribution < 1.29 is 4.79 Å². The molecule has 1 aliphatic heterocycles. The third-order valence-electron chi connectivity index (χ3n) is 3.54. The summed E-state index contributed by atoms with van der Waals surface area (Å²) in [7, 11) is 0. The Kier molecular flexibility index (Phi) is 6.45. The molecule has 2 aromatic rings. The van der Waals surface area contributed by atoms with Gasteiger partial charge in [0.25, 0.3) is 0 Å². The van der Waals surface area contributed by atoms with Gasteiger partial charge < -0.3 is 15.6 Å². The number of amides is 1. The van der Waals surface area contributed by atoms with Crippen LogP contribution in [0.15, 0.2) is 18.2 Å². The van der Waals surface area contributed by atoms with E-state index in [1.807, 2.05) is 25.1 Å². The average molecular weight is 331 g/mol. The van der Waals surface area contributed by atoms with Crippen LogP contribution in [0.4, 0.5) is 5.69 Å². The molecule has 1 aromatic heterocycles. The summed E-state index contributed by atoms with van der Waals surface area (Å²) < 4.78 is 0. The molecule has 1 aliphatic rings. The van der Waals surface area contributed by atoms with Crippen LogP contribution in [0.25, 0.3) is 11.0 Å². The number of carbonyl (C=O) groups excluding carboxylic acids is 1. The zero-order valence-corrected chi connectivity index (χ0v) is 13.4. The summed E-state index contributed by atoms with van der Waals surface area (Å²) in [5, 5.41) is 6.24. The monoisotopic (exact) mass is 330 g/mol. The van der Waals surface area contributed by atoms with Crippen LogP contribution in [-0.4, -0.2) is 29.0 Å². The largest absolute Gasteiger partial charge is 0.342 e. The number of aromatic amines is 1. The van der Waals surface area contributed by atoms with Gasteiger partial charge in [-0.3, -0.25) is 4.79 Å². The number of fused-ring (bicyclic) bond motifs is 1. The normalized spacial score (nSPS) is 17.7. The number of H-pyrrole nitrogens is 1. The molecule has 1 atom stereocenters. The first-order valence-corrected chi connectivity index (χ1v) is 6.70. The maximum atomic E-state index is 12.1. The van der Waals surface area contributed by atoms with Gasteiger partial charge in [-0.05, 0) is 44.5 Å². The number of halogens is 2. The molecule has 116 valence electrons. The first kappa shape index (κ1) is 17.8. The maximum absolute atomic E-state index is 12.1. The van der Waals surface area contributed by atoms with E-state index < -0.39 is 0 Å². The number of hydrogen-bond acceptors (Lipinski definition) is 3. The Morgan fingerprint density at radius 2 is 2.19 bits per heavy atom. The molecule has 0 spiro atoms. The van der Waals surface area contributed by atoms with Crippen molar-refractivity contribution in [3.8, 4) is 0 Å². The third kappa shape index (κ3) is 4.09. The molecule has 7 heteroatoms. The molecule has 3 N–H and O–H groups in total. The Balaban J connectivity index is 0.00000110. The molecule has 0 aliphatic carbocycles. The summed E-state index contributed by atoms with van der Waals surface area (Å²) in [6.07, 6.45) is 2.03. The molecule has 21 heavy (non-hydrogen) atoms. The lowest BCUT2D eigenvalue weighted by Crippen LogP contribution is -2.37. The fourth-order valence-electron chi connectivity index (χ4n) is 2.53. The molecule has 0 bridgehead atoms. The number of aromatic nitrogens is 2. The smallest absolute Gasteiger partial charge is 0.228 e. The second kappa shape index (κ2) is 7.64. The van der Waals surface area contributed by atoms with Crippen molar-refractivity contribution in [3.05, 3.63) is 24.0 Å². The zero-order valence-electron chi connectivity index (χ0n) is 11.8. The standard InChI is InChI=1S/C14H18N4O.2ClH/c1-9-16-12-5-4-11(7-13(12)17-9)18-14(19)10-3-2-6-15-8-10;;/h4-5,7,10,15H,2-3,6,8H2,1H3,(H,16,17)(H,18,19);2*1H. The van der Waals surface area contributed by atoms with E-state index in [1.54, 1.807) is 0 Å². The van der Waals surface area contributed by atoms with Gasteiger partial charge in [0.2, 0.25) is 5.91 Å². The van der Waals surface area contributed by atoms with Gasteiger partial charge >= 0.3 is 0 Å². The van der Waals surface area contributed by atoms with Crippen molar-refractivity contribution in [2.24, 2.45) is 5.92 Å². The Bertz CT molecular complexity index is 608. The van der Waals surface area contributed by atoms with Crippen molar-refractivity contribution in [2.45, 2.75) is 19.8 Å². The van der Waals surface area contributed by atoms with E-state index in [9.17, 15) is 4.79 Å². The van der Waals surface area contributed by atoms with E-state index in [1.165, 1.54) is 0 Å². The number of hydrogen-bond donors (Lipinski definition) is 3. The highest BCUT2D eigenvalue weighted by Crippen LogP contribution is 2.19. The van der Waals surface area contributed by atoms with Crippen LogP contribution in [0.3, 0.4) is 0 Å².